The van der Waals surface area contributed by atoms with Crippen molar-refractivity contribution in [3.8, 4) is 0 Å². The molecule has 0 saturated heterocycles. The van der Waals surface area contributed by atoms with E-state index in [1.54, 1.807) is 0 Å². The van der Waals surface area contributed by atoms with E-state index in [0.717, 1.165) is 16.9 Å². The first kappa shape index (κ1) is 23.5. The molecule has 0 fully saturated rings. The van der Waals surface area contributed by atoms with Gasteiger partial charge in [0.05, 0.1) is 0 Å². The van der Waals surface area contributed by atoms with Crippen LogP contribution in [-0.4, -0.2) is 15.7 Å². The van der Waals surface area contributed by atoms with Crippen LogP contribution in [0.5, 0.6) is 0 Å². The van der Waals surface area contributed by atoms with E-state index in [9.17, 15) is 0 Å². The molecule has 0 aromatic heterocycles. The predicted molar refractivity (Wildman–Crippen MR) is 96.3 cm³/mol. The van der Waals surface area contributed by atoms with Crippen LogP contribution in [0.3, 0.4) is 0 Å². The molecule has 0 amide bonds. The Morgan fingerprint density at radius 2 is 1.50 bits per heavy atom. The Labute approximate surface area is 127 Å². The summed E-state index contributed by atoms with van der Waals surface area (Å²) in [6.45, 7) is 17.3. The standard InChI is InChI=1S/C8H18S.C5H10.C3H8S/c1-5-6-8(4)9-7(2)3;1-3-5-4-2;1-3(2)4/h7-8H,5-6H2,1-4H3;3,5H,4H2,1-2H3;3-4H,1-2H3. The van der Waals surface area contributed by atoms with Crippen LogP contribution in [0.15, 0.2) is 12.2 Å². The zero-order valence-corrected chi connectivity index (χ0v) is 15.6. The highest BCUT2D eigenvalue weighted by atomic mass is 32.2. The Morgan fingerprint density at radius 1 is 1.06 bits per heavy atom. The third-order valence-electron chi connectivity index (χ3n) is 1.67. The number of thioether (sulfide) groups is 1. The smallest absolute Gasteiger partial charge is 0.00211 e. The zero-order valence-electron chi connectivity index (χ0n) is 13.9. The van der Waals surface area contributed by atoms with E-state index in [2.05, 4.69) is 71.2 Å². The summed E-state index contributed by atoms with van der Waals surface area (Å²) >= 11 is 6.05. The maximum atomic E-state index is 3.97. The van der Waals surface area contributed by atoms with Crippen molar-refractivity contribution in [2.24, 2.45) is 0 Å². The number of hydrogen-bond donors (Lipinski definition) is 1. The molecule has 0 heterocycles. The van der Waals surface area contributed by atoms with Gasteiger partial charge in [-0.25, -0.2) is 0 Å². The predicted octanol–water partition coefficient (Wildman–Crippen LogP) is 6.61. The van der Waals surface area contributed by atoms with Gasteiger partial charge in [0.15, 0.2) is 0 Å². The molecule has 0 spiro atoms. The van der Waals surface area contributed by atoms with Gasteiger partial charge in [-0.05, 0) is 30.3 Å². The minimum atomic E-state index is 0.528. The van der Waals surface area contributed by atoms with Crippen LogP contribution in [-0.2, 0) is 0 Å². The molecule has 0 aliphatic heterocycles. The molecule has 0 rings (SSSR count). The average molecular weight is 293 g/mol. The fourth-order valence-corrected chi connectivity index (χ4v) is 2.48. The number of allylic oxidation sites excluding steroid dienone is 2. The summed E-state index contributed by atoms with van der Waals surface area (Å²) in [5.41, 5.74) is 0. The fraction of sp³-hybridized carbons (Fsp3) is 0.875. The monoisotopic (exact) mass is 292 g/mol. The Hall–Kier alpha value is 0.440. The summed E-state index contributed by atoms with van der Waals surface area (Å²) in [6.07, 6.45) is 8.03. The Bertz CT molecular complexity index is 148. The van der Waals surface area contributed by atoms with Crippen molar-refractivity contribution in [2.45, 2.75) is 90.4 Å². The van der Waals surface area contributed by atoms with E-state index in [1.807, 2.05) is 20.8 Å². The summed E-state index contributed by atoms with van der Waals surface area (Å²) < 4.78 is 0. The lowest BCUT2D eigenvalue weighted by Gasteiger charge is -2.11. The highest BCUT2D eigenvalue weighted by molar-refractivity contribution is 8.00. The van der Waals surface area contributed by atoms with Gasteiger partial charge in [0.2, 0.25) is 0 Å². The molecule has 0 N–H and O–H groups in total. The second kappa shape index (κ2) is 19.8. The molecular weight excluding hydrogens is 256 g/mol. The zero-order chi connectivity index (χ0) is 15.0. The molecule has 0 aromatic rings. The van der Waals surface area contributed by atoms with Crippen molar-refractivity contribution in [1.82, 2.24) is 0 Å². The van der Waals surface area contributed by atoms with E-state index in [0.29, 0.717) is 5.25 Å². The van der Waals surface area contributed by atoms with E-state index >= 15 is 0 Å². The van der Waals surface area contributed by atoms with E-state index in [4.69, 9.17) is 0 Å². The van der Waals surface area contributed by atoms with Crippen molar-refractivity contribution in [2.75, 3.05) is 0 Å². The highest BCUT2D eigenvalue weighted by Gasteiger charge is 2.02. The summed E-state index contributed by atoms with van der Waals surface area (Å²) in [7, 11) is 0. The molecule has 0 bridgehead atoms. The van der Waals surface area contributed by atoms with Gasteiger partial charge in [0, 0.05) is 5.25 Å². The molecule has 0 nitrogen and oxygen atoms in total. The van der Waals surface area contributed by atoms with Crippen LogP contribution >= 0.6 is 24.4 Å². The lowest BCUT2D eigenvalue weighted by molar-refractivity contribution is 0.783. The van der Waals surface area contributed by atoms with Crippen molar-refractivity contribution in [3.05, 3.63) is 12.2 Å². The summed E-state index contributed by atoms with van der Waals surface area (Å²) in [5, 5.41) is 2.18. The lowest BCUT2D eigenvalue weighted by Crippen LogP contribution is -2.00. The number of thiol groups is 1. The highest BCUT2D eigenvalue weighted by Crippen LogP contribution is 2.19. The first-order valence-electron chi connectivity index (χ1n) is 7.26. The Morgan fingerprint density at radius 3 is 1.67 bits per heavy atom. The van der Waals surface area contributed by atoms with Gasteiger partial charge in [0.1, 0.15) is 0 Å². The van der Waals surface area contributed by atoms with E-state index in [-0.39, 0.29) is 0 Å². The van der Waals surface area contributed by atoms with Gasteiger partial charge in [0.25, 0.3) is 0 Å². The first-order valence-corrected chi connectivity index (χ1v) is 8.72. The quantitative estimate of drug-likeness (QED) is 0.439. The molecule has 2 heteroatoms. The molecule has 0 saturated carbocycles. The van der Waals surface area contributed by atoms with E-state index in [1.165, 1.54) is 12.8 Å². The minimum absolute atomic E-state index is 0.528. The lowest BCUT2D eigenvalue weighted by atomic mass is 10.3. The largest absolute Gasteiger partial charge is 0.177 e. The third-order valence-corrected chi connectivity index (χ3v) is 2.92. The third kappa shape index (κ3) is 44.0. The molecule has 112 valence electrons. The summed E-state index contributed by atoms with van der Waals surface area (Å²) in [6, 6.07) is 0. The van der Waals surface area contributed by atoms with Gasteiger partial charge in [-0.2, -0.15) is 24.4 Å². The number of rotatable bonds is 5. The minimum Gasteiger partial charge on any atom is -0.177 e. The Kier molecular flexibility index (Phi) is 25.8. The van der Waals surface area contributed by atoms with Crippen LogP contribution in [0.2, 0.25) is 0 Å². The van der Waals surface area contributed by atoms with Gasteiger partial charge < -0.3 is 0 Å². The second-order valence-electron chi connectivity index (χ2n) is 4.86. The van der Waals surface area contributed by atoms with Crippen molar-refractivity contribution in [3.63, 3.8) is 0 Å². The van der Waals surface area contributed by atoms with Crippen LogP contribution < -0.4 is 0 Å². The van der Waals surface area contributed by atoms with Crippen LogP contribution in [0.4, 0.5) is 0 Å². The van der Waals surface area contributed by atoms with Crippen molar-refractivity contribution in [1.29, 1.82) is 0 Å². The van der Waals surface area contributed by atoms with E-state index < -0.39 is 0 Å². The molecule has 18 heavy (non-hydrogen) atoms. The van der Waals surface area contributed by atoms with Crippen molar-refractivity contribution < 1.29 is 0 Å². The van der Waals surface area contributed by atoms with Gasteiger partial charge in [-0.15, -0.1) is 0 Å². The topological polar surface area (TPSA) is 0 Å². The molecule has 1 unspecified atom stereocenters. The molecule has 0 aliphatic carbocycles. The number of hydrogen-bond acceptors (Lipinski definition) is 2. The molecule has 1 atom stereocenters. The van der Waals surface area contributed by atoms with Crippen LogP contribution in [0, 0.1) is 0 Å². The maximum Gasteiger partial charge on any atom is 0.00211 e. The SMILES string of the molecule is CC(C)S.CC=CCC.CCCC(C)SC(C)C. The Balaban J connectivity index is -0.000000212. The fourth-order valence-electron chi connectivity index (χ4n) is 1.17. The summed E-state index contributed by atoms with van der Waals surface area (Å²) in [5.74, 6) is 0. The van der Waals surface area contributed by atoms with Gasteiger partial charge in [-0.3, -0.25) is 0 Å². The molecule has 0 aliphatic rings. The van der Waals surface area contributed by atoms with Crippen LogP contribution in [0.1, 0.15) is 74.7 Å². The molecule has 0 aromatic carbocycles. The second-order valence-corrected chi connectivity index (χ2v) is 7.91. The molecular formula is C16H36S2. The maximum absolute atomic E-state index is 3.97. The van der Waals surface area contributed by atoms with Gasteiger partial charge >= 0.3 is 0 Å². The normalized spacial score (nSPS) is 11.9. The average Bonchev–Trinajstić information content (AvgIpc) is 2.17. The van der Waals surface area contributed by atoms with Crippen LogP contribution in [0.25, 0.3) is 0 Å². The van der Waals surface area contributed by atoms with Crippen molar-refractivity contribution >= 4 is 24.4 Å². The molecule has 0 radical (unpaired) electrons. The van der Waals surface area contributed by atoms with Gasteiger partial charge in [-0.1, -0.05) is 67.0 Å². The first-order chi connectivity index (χ1) is 8.31. The summed E-state index contributed by atoms with van der Waals surface area (Å²) in [4.78, 5) is 0.